The van der Waals surface area contributed by atoms with Crippen LogP contribution in [0.3, 0.4) is 0 Å². The lowest BCUT2D eigenvalue weighted by molar-refractivity contribution is 0.145. The van der Waals surface area contributed by atoms with Crippen LogP contribution in [0.25, 0.3) is 0 Å². The molecule has 0 aliphatic carbocycles. The zero-order valence-corrected chi connectivity index (χ0v) is 7.04. The number of para-hydroxylation sites is 1. The number of alkyl halides is 1. The number of halogens is 1. The molecule has 2 rings (SSSR count). The standard InChI is InChI=1S/C8H8ClNO2/c9-7-4-11-6-3-1-2-5(10)8(6)12-7/h1-3,7H,4,10H2. The van der Waals surface area contributed by atoms with E-state index in [-0.39, 0.29) is 0 Å². The summed E-state index contributed by atoms with van der Waals surface area (Å²) in [7, 11) is 0. The molecule has 0 spiro atoms. The first-order chi connectivity index (χ1) is 5.77. The van der Waals surface area contributed by atoms with Gasteiger partial charge in [0.2, 0.25) is 5.56 Å². The summed E-state index contributed by atoms with van der Waals surface area (Å²) in [6.45, 7) is 0.359. The summed E-state index contributed by atoms with van der Waals surface area (Å²) < 4.78 is 10.6. The summed E-state index contributed by atoms with van der Waals surface area (Å²) in [4.78, 5) is 0. The van der Waals surface area contributed by atoms with Crippen LogP contribution in [0.15, 0.2) is 18.2 Å². The van der Waals surface area contributed by atoms with Crippen molar-refractivity contribution in [2.24, 2.45) is 0 Å². The quantitative estimate of drug-likeness (QED) is 0.493. The molecule has 1 aromatic rings. The van der Waals surface area contributed by atoms with Gasteiger partial charge in [0.1, 0.15) is 6.61 Å². The van der Waals surface area contributed by atoms with E-state index in [1.54, 1.807) is 12.1 Å². The fourth-order valence-electron chi connectivity index (χ4n) is 1.09. The van der Waals surface area contributed by atoms with Gasteiger partial charge in [-0.3, -0.25) is 0 Å². The van der Waals surface area contributed by atoms with Crippen molar-refractivity contribution in [1.29, 1.82) is 0 Å². The molecular formula is C8H8ClNO2. The van der Waals surface area contributed by atoms with Gasteiger partial charge in [-0.05, 0) is 12.1 Å². The van der Waals surface area contributed by atoms with Gasteiger partial charge in [0.15, 0.2) is 11.5 Å². The molecule has 1 aliphatic heterocycles. The number of hydrogen-bond donors (Lipinski definition) is 1. The van der Waals surface area contributed by atoms with Gasteiger partial charge < -0.3 is 15.2 Å². The molecule has 1 heterocycles. The number of nitrogens with two attached hydrogens (primary N) is 1. The molecule has 2 N–H and O–H groups in total. The minimum absolute atomic E-state index is 0.359. The van der Waals surface area contributed by atoms with Gasteiger partial charge in [0.05, 0.1) is 5.69 Å². The summed E-state index contributed by atoms with van der Waals surface area (Å²) in [6, 6.07) is 5.36. The molecule has 0 bridgehead atoms. The van der Waals surface area contributed by atoms with E-state index in [1.807, 2.05) is 6.07 Å². The van der Waals surface area contributed by atoms with E-state index in [4.69, 9.17) is 26.8 Å². The number of ether oxygens (including phenoxy) is 2. The maximum atomic E-state index is 5.71. The summed E-state index contributed by atoms with van der Waals surface area (Å²) in [6.07, 6.45) is 0. The maximum absolute atomic E-state index is 5.71. The number of anilines is 1. The topological polar surface area (TPSA) is 44.5 Å². The molecule has 1 aliphatic rings. The average Bonchev–Trinajstić information content (AvgIpc) is 2.07. The van der Waals surface area contributed by atoms with Crippen LogP contribution in [-0.2, 0) is 0 Å². The fraction of sp³-hybridized carbons (Fsp3) is 0.250. The van der Waals surface area contributed by atoms with Crippen molar-refractivity contribution in [1.82, 2.24) is 0 Å². The highest BCUT2D eigenvalue weighted by Crippen LogP contribution is 2.37. The number of hydrogen-bond acceptors (Lipinski definition) is 3. The summed E-state index contributed by atoms with van der Waals surface area (Å²) >= 11 is 5.71. The van der Waals surface area contributed by atoms with Crippen LogP contribution in [0, 0.1) is 0 Å². The van der Waals surface area contributed by atoms with Gasteiger partial charge in [-0.2, -0.15) is 0 Å². The number of nitrogen functional groups attached to an aromatic ring is 1. The highest BCUT2D eigenvalue weighted by molar-refractivity contribution is 6.20. The Morgan fingerprint density at radius 3 is 3.17 bits per heavy atom. The highest BCUT2D eigenvalue weighted by Gasteiger charge is 2.20. The molecule has 0 fully saturated rings. The monoisotopic (exact) mass is 185 g/mol. The normalized spacial score (nSPS) is 20.6. The van der Waals surface area contributed by atoms with Gasteiger partial charge >= 0.3 is 0 Å². The Morgan fingerprint density at radius 1 is 1.50 bits per heavy atom. The first kappa shape index (κ1) is 7.55. The van der Waals surface area contributed by atoms with E-state index in [0.717, 1.165) is 0 Å². The second kappa shape index (κ2) is 2.75. The molecule has 0 saturated heterocycles. The summed E-state index contributed by atoms with van der Waals surface area (Å²) in [5.41, 5.74) is 5.75. The third-order valence-corrected chi connectivity index (χ3v) is 1.84. The predicted octanol–water partition coefficient (Wildman–Crippen LogP) is 1.60. The van der Waals surface area contributed by atoms with E-state index in [1.165, 1.54) is 0 Å². The van der Waals surface area contributed by atoms with Crippen LogP contribution in [0.2, 0.25) is 0 Å². The van der Waals surface area contributed by atoms with Gasteiger partial charge in [-0.1, -0.05) is 17.7 Å². The molecule has 1 atom stereocenters. The van der Waals surface area contributed by atoms with Gasteiger partial charge in [-0.25, -0.2) is 0 Å². The lowest BCUT2D eigenvalue weighted by Crippen LogP contribution is -2.24. The molecule has 1 aromatic carbocycles. The second-order valence-electron chi connectivity index (χ2n) is 2.51. The molecule has 1 unspecified atom stereocenters. The van der Waals surface area contributed by atoms with Crippen LogP contribution >= 0.6 is 11.6 Å². The molecule has 12 heavy (non-hydrogen) atoms. The molecule has 3 nitrogen and oxygen atoms in total. The molecular weight excluding hydrogens is 178 g/mol. The van der Waals surface area contributed by atoms with Gasteiger partial charge in [-0.15, -0.1) is 0 Å². The van der Waals surface area contributed by atoms with Crippen molar-refractivity contribution in [3.63, 3.8) is 0 Å². The van der Waals surface area contributed by atoms with Gasteiger partial charge in [0.25, 0.3) is 0 Å². The molecule has 0 amide bonds. The van der Waals surface area contributed by atoms with Crippen molar-refractivity contribution in [2.75, 3.05) is 12.3 Å². The van der Waals surface area contributed by atoms with E-state index in [2.05, 4.69) is 0 Å². The smallest absolute Gasteiger partial charge is 0.206 e. The molecule has 64 valence electrons. The van der Waals surface area contributed by atoms with Crippen molar-refractivity contribution < 1.29 is 9.47 Å². The van der Waals surface area contributed by atoms with Crippen LogP contribution < -0.4 is 15.2 Å². The largest absolute Gasteiger partial charge is 0.484 e. The Morgan fingerprint density at radius 2 is 2.33 bits per heavy atom. The van der Waals surface area contributed by atoms with Crippen molar-refractivity contribution >= 4 is 17.3 Å². The second-order valence-corrected chi connectivity index (χ2v) is 3.00. The zero-order chi connectivity index (χ0) is 8.55. The Bertz CT molecular complexity index is 303. The van der Waals surface area contributed by atoms with Crippen LogP contribution in [0.5, 0.6) is 11.5 Å². The van der Waals surface area contributed by atoms with Crippen LogP contribution in [0.1, 0.15) is 0 Å². The van der Waals surface area contributed by atoms with E-state index in [9.17, 15) is 0 Å². The van der Waals surface area contributed by atoms with Gasteiger partial charge in [0, 0.05) is 0 Å². The number of benzene rings is 1. The Hall–Kier alpha value is -1.09. The highest BCUT2D eigenvalue weighted by atomic mass is 35.5. The SMILES string of the molecule is Nc1cccc2c1OC(Cl)CO2. The molecule has 0 radical (unpaired) electrons. The Kier molecular flexibility index (Phi) is 1.73. The van der Waals surface area contributed by atoms with E-state index < -0.39 is 5.56 Å². The van der Waals surface area contributed by atoms with Crippen molar-refractivity contribution in [3.05, 3.63) is 18.2 Å². The molecule has 4 heteroatoms. The third kappa shape index (κ3) is 1.16. The third-order valence-electron chi connectivity index (χ3n) is 1.62. The predicted molar refractivity (Wildman–Crippen MR) is 46.6 cm³/mol. The van der Waals surface area contributed by atoms with Crippen LogP contribution in [-0.4, -0.2) is 12.2 Å². The Balaban J connectivity index is 2.43. The fourth-order valence-corrected chi connectivity index (χ4v) is 1.24. The first-order valence-corrected chi connectivity index (χ1v) is 4.03. The van der Waals surface area contributed by atoms with Crippen LogP contribution in [0.4, 0.5) is 5.69 Å². The van der Waals surface area contributed by atoms with Crippen molar-refractivity contribution in [2.45, 2.75) is 5.56 Å². The van der Waals surface area contributed by atoms with Crippen molar-refractivity contribution in [3.8, 4) is 11.5 Å². The first-order valence-electron chi connectivity index (χ1n) is 3.59. The number of fused-ring (bicyclic) bond motifs is 1. The average molecular weight is 186 g/mol. The van der Waals surface area contributed by atoms with E-state index >= 15 is 0 Å². The minimum atomic E-state index is -0.442. The minimum Gasteiger partial charge on any atom is -0.484 e. The van der Waals surface area contributed by atoms with E-state index in [0.29, 0.717) is 23.8 Å². The zero-order valence-electron chi connectivity index (χ0n) is 6.29. The summed E-state index contributed by atoms with van der Waals surface area (Å²) in [5, 5.41) is 0. The lowest BCUT2D eigenvalue weighted by Gasteiger charge is -2.23. The Labute approximate surface area is 75.0 Å². The lowest BCUT2D eigenvalue weighted by atomic mass is 10.2. The molecule has 0 saturated carbocycles. The maximum Gasteiger partial charge on any atom is 0.206 e. The molecule has 0 aromatic heterocycles. The number of rotatable bonds is 0. The summed E-state index contributed by atoms with van der Waals surface area (Å²) in [5.74, 6) is 1.20.